The summed E-state index contributed by atoms with van der Waals surface area (Å²) in [5.74, 6) is 2.11. The maximum atomic E-state index is 5.63. The number of hydrogen-bond donors (Lipinski definition) is 1. The number of piperazine rings is 1. The van der Waals surface area contributed by atoms with Crippen LogP contribution in [0.2, 0.25) is 0 Å². The number of nitrogens with one attached hydrogen (secondary N) is 1. The first-order valence-corrected chi connectivity index (χ1v) is 7.49. The van der Waals surface area contributed by atoms with E-state index < -0.39 is 0 Å². The average molecular weight is 263 g/mol. The van der Waals surface area contributed by atoms with Crippen LogP contribution in [0.4, 0.5) is 0 Å². The molecule has 1 saturated heterocycles. The van der Waals surface area contributed by atoms with Crippen molar-refractivity contribution in [1.29, 1.82) is 0 Å². The standard InChI is InChI=1S/C15H25N3O/c1-16-9-14-8-15(19-12-14)11-18-6-4-17(5-7-18)10-13-2-3-13/h8,12-13,16H,2-7,9-11H2,1H3. The Balaban J connectivity index is 1.42. The third-order valence-electron chi connectivity index (χ3n) is 4.15. The lowest BCUT2D eigenvalue weighted by Crippen LogP contribution is -2.46. The van der Waals surface area contributed by atoms with Crippen LogP contribution < -0.4 is 5.32 Å². The van der Waals surface area contributed by atoms with Crippen molar-refractivity contribution >= 4 is 0 Å². The first-order valence-electron chi connectivity index (χ1n) is 7.49. The molecular formula is C15H25N3O. The van der Waals surface area contributed by atoms with Crippen LogP contribution in [-0.4, -0.2) is 49.6 Å². The van der Waals surface area contributed by atoms with Crippen LogP contribution in [-0.2, 0) is 13.1 Å². The first kappa shape index (κ1) is 13.2. The lowest BCUT2D eigenvalue weighted by molar-refractivity contribution is 0.117. The molecule has 2 aliphatic rings. The Hall–Kier alpha value is -0.840. The molecule has 1 N–H and O–H groups in total. The van der Waals surface area contributed by atoms with Gasteiger partial charge in [-0.3, -0.25) is 4.90 Å². The van der Waals surface area contributed by atoms with Crippen LogP contribution in [0.5, 0.6) is 0 Å². The van der Waals surface area contributed by atoms with Gasteiger partial charge in [-0.1, -0.05) is 0 Å². The van der Waals surface area contributed by atoms with Gasteiger partial charge in [0.1, 0.15) is 5.76 Å². The van der Waals surface area contributed by atoms with E-state index in [-0.39, 0.29) is 0 Å². The Kier molecular flexibility index (Phi) is 4.21. The zero-order valence-electron chi connectivity index (χ0n) is 11.9. The largest absolute Gasteiger partial charge is 0.468 e. The van der Waals surface area contributed by atoms with Gasteiger partial charge in [0, 0.05) is 44.8 Å². The molecule has 106 valence electrons. The monoisotopic (exact) mass is 263 g/mol. The summed E-state index contributed by atoms with van der Waals surface area (Å²) in [5.41, 5.74) is 1.24. The van der Waals surface area contributed by atoms with Gasteiger partial charge in [-0.05, 0) is 31.9 Å². The third kappa shape index (κ3) is 3.81. The van der Waals surface area contributed by atoms with E-state index in [9.17, 15) is 0 Å². The van der Waals surface area contributed by atoms with E-state index >= 15 is 0 Å². The SMILES string of the molecule is CNCc1coc(CN2CCN(CC3CC3)CC2)c1. The van der Waals surface area contributed by atoms with Crippen LogP contribution >= 0.6 is 0 Å². The molecule has 1 aromatic rings. The fourth-order valence-electron chi connectivity index (χ4n) is 2.82. The van der Waals surface area contributed by atoms with Gasteiger partial charge in [0.2, 0.25) is 0 Å². The lowest BCUT2D eigenvalue weighted by atomic mass is 10.2. The highest BCUT2D eigenvalue weighted by Crippen LogP contribution is 2.30. The number of furan rings is 1. The van der Waals surface area contributed by atoms with Crippen molar-refractivity contribution in [3.05, 3.63) is 23.7 Å². The molecule has 2 heterocycles. The van der Waals surface area contributed by atoms with E-state index in [4.69, 9.17) is 4.42 Å². The molecule has 0 bridgehead atoms. The Bertz CT molecular complexity index is 392. The van der Waals surface area contributed by atoms with Crippen LogP contribution in [0, 0.1) is 5.92 Å². The smallest absolute Gasteiger partial charge is 0.118 e. The molecule has 0 amide bonds. The molecule has 1 aliphatic carbocycles. The zero-order valence-corrected chi connectivity index (χ0v) is 11.9. The van der Waals surface area contributed by atoms with Crippen LogP contribution in [0.3, 0.4) is 0 Å². The minimum atomic E-state index is 0.888. The molecule has 0 aromatic carbocycles. The molecule has 3 rings (SSSR count). The van der Waals surface area contributed by atoms with Gasteiger partial charge >= 0.3 is 0 Å². The predicted molar refractivity (Wildman–Crippen MR) is 75.9 cm³/mol. The molecule has 4 heteroatoms. The molecule has 0 radical (unpaired) electrons. The summed E-state index contributed by atoms with van der Waals surface area (Å²) >= 11 is 0. The lowest BCUT2D eigenvalue weighted by Gasteiger charge is -2.34. The molecule has 0 spiro atoms. The van der Waals surface area contributed by atoms with E-state index in [1.54, 1.807) is 0 Å². The van der Waals surface area contributed by atoms with E-state index in [1.807, 2.05) is 13.3 Å². The van der Waals surface area contributed by atoms with Crippen molar-refractivity contribution in [2.24, 2.45) is 5.92 Å². The van der Waals surface area contributed by atoms with Crippen molar-refractivity contribution in [1.82, 2.24) is 15.1 Å². The van der Waals surface area contributed by atoms with Gasteiger partial charge in [-0.15, -0.1) is 0 Å². The van der Waals surface area contributed by atoms with Crippen molar-refractivity contribution < 1.29 is 4.42 Å². The minimum absolute atomic E-state index is 0.888. The summed E-state index contributed by atoms with van der Waals surface area (Å²) in [6, 6.07) is 2.17. The number of nitrogens with zero attached hydrogens (tertiary/aromatic N) is 2. The second-order valence-corrected chi connectivity index (χ2v) is 5.97. The quantitative estimate of drug-likeness (QED) is 0.843. The molecular weight excluding hydrogens is 238 g/mol. The summed E-state index contributed by atoms with van der Waals surface area (Å²) in [7, 11) is 1.96. The molecule has 4 nitrogen and oxygen atoms in total. The summed E-state index contributed by atoms with van der Waals surface area (Å²) in [6.07, 6.45) is 4.79. The fraction of sp³-hybridized carbons (Fsp3) is 0.733. The normalized spacial score (nSPS) is 21.9. The summed E-state index contributed by atoms with van der Waals surface area (Å²) in [4.78, 5) is 5.13. The second kappa shape index (κ2) is 6.07. The van der Waals surface area contributed by atoms with Crippen molar-refractivity contribution in [3.63, 3.8) is 0 Å². The van der Waals surface area contributed by atoms with Gasteiger partial charge < -0.3 is 14.6 Å². The van der Waals surface area contributed by atoms with E-state index in [1.165, 1.54) is 51.1 Å². The van der Waals surface area contributed by atoms with Crippen molar-refractivity contribution in [3.8, 4) is 0 Å². The highest BCUT2D eigenvalue weighted by molar-refractivity contribution is 5.12. The van der Waals surface area contributed by atoms with Gasteiger partial charge in [0.15, 0.2) is 0 Å². The van der Waals surface area contributed by atoms with Gasteiger partial charge in [0.05, 0.1) is 12.8 Å². The predicted octanol–water partition coefficient (Wildman–Crippen LogP) is 1.53. The molecule has 2 fully saturated rings. The summed E-state index contributed by atoms with van der Waals surface area (Å²) < 4.78 is 5.63. The van der Waals surface area contributed by atoms with Gasteiger partial charge in [-0.2, -0.15) is 0 Å². The Morgan fingerprint density at radius 3 is 2.63 bits per heavy atom. The Morgan fingerprint density at radius 2 is 1.95 bits per heavy atom. The highest BCUT2D eigenvalue weighted by atomic mass is 16.3. The van der Waals surface area contributed by atoms with Gasteiger partial charge in [0.25, 0.3) is 0 Å². The van der Waals surface area contributed by atoms with Crippen molar-refractivity contribution in [2.45, 2.75) is 25.9 Å². The highest BCUT2D eigenvalue weighted by Gasteiger charge is 2.26. The molecule has 1 saturated carbocycles. The summed E-state index contributed by atoms with van der Waals surface area (Å²) in [5, 5.41) is 3.15. The molecule has 1 aliphatic heterocycles. The molecule has 0 unspecified atom stereocenters. The second-order valence-electron chi connectivity index (χ2n) is 5.97. The van der Waals surface area contributed by atoms with E-state index in [0.717, 1.165) is 24.8 Å². The maximum Gasteiger partial charge on any atom is 0.118 e. The van der Waals surface area contributed by atoms with Crippen LogP contribution in [0.1, 0.15) is 24.2 Å². The topological polar surface area (TPSA) is 31.7 Å². The molecule has 19 heavy (non-hydrogen) atoms. The number of rotatable bonds is 6. The van der Waals surface area contributed by atoms with E-state index in [0.29, 0.717) is 0 Å². The molecule has 0 atom stereocenters. The average Bonchev–Trinajstić information content (AvgIpc) is 3.12. The zero-order chi connectivity index (χ0) is 13.1. The van der Waals surface area contributed by atoms with Crippen LogP contribution in [0.25, 0.3) is 0 Å². The minimum Gasteiger partial charge on any atom is -0.468 e. The van der Waals surface area contributed by atoms with Crippen LogP contribution in [0.15, 0.2) is 16.7 Å². The third-order valence-corrected chi connectivity index (χ3v) is 4.15. The van der Waals surface area contributed by atoms with Gasteiger partial charge in [-0.25, -0.2) is 0 Å². The fourth-order valence-corrected chi connectivity index (χ4v) is 2.82. The first-order chi connectivity index (χ1) is 9.33. The molecule has 1 aromatic heterocycles. The number of hydrogen-bond acceptors (Lipinski definition) is 4. The van der Waals surface area contributed by atoms with Crippen molar-refractivity contribution in [2.75, 3.05) is 39.8 Å². The summed E-state index contributed by atoms with van der Waals surface area (Å²) in [6.45, 7) is 7.98. The Morgan fingerprint density at radius 1 is 1.21 bits per heavy atom. The Labute approximate surface area is 115 Å². The maximum absolute atomic E-state index is 5.63. The van der Waals surface area contributed by atoms with E-state index in [2.05, 4.69) is 21.2 Å².